The lowest BCUT2D eigenvalue weighted by Gasteiger charge is -2.32. The van der Waals surface area contributed by atoms with Crippen LogP contribution in [-0.2, 0) is 9.53 Å². The lowest BCUT2D eigenvalue weighted by atomic mass is 10.1. The fourth-order valence-corrected chi connectivity index (χ4v) is 2.84. The van der Waals surface area contributed by atoms with Crippen LogP contribution in [0.15, 0.2) is 12.7 Å². The molecule has 3 rings (SSSR count). The SMILES string of the molecule is CCO[C@@H]1C[C@H]1C(=O)N1CCC[C@H](n2cncn2)C1. The maximum Gasteiger partial charge on any atom is 0.228 e. The van der Waals surface area contributed by atoms with Gasteiger partial charge in [0.1, 0.15) is 12.7 Å². The van der Waals surface area contributed by atoms with Crippen LogP contribution < -0.4 is 0 Å². The van der Waals surface area contributed by atoms with Crippen LogP contribution in [0, 0.1) is 5.92 Å². The molecule has 0 unspecified atom stereocenters. The first kappa shape index (κ1) is 12.6. The van der Waals surface area contributed by atoms with Crippen LogP contribution in [0.4, 0.5) is 0 Å². The molecule has 2 heterocycles. The molecule has 1 saturated carbocycles. The Kier molecular flexibility index (Phi) is 3.50. The van der Waals surface area contributed by atoms with Crippen molar-refractivity contribution in [2.24, 2.45) is 5.92 Å². The quantitative estimate of drug-likeness (QED) is 0.809. The van der Waals surface area contributed by atoms with Crippen molar-refractivity contribution in [2.45, 2.75) is 38.3 Å². The zero-order chi connectivity index (χ0) is 13.2. The van der Waals surface area contributed by atoms with Gasteiger partial charge >= 0.3 is 0 Å². The van der Waals surface area contributed by atoms with E-state index in [1.807, 2.05) is 16.5 Å². The van der Waals surface area contributed by atoms with Crippen molar-refractivity contribution < 1.29 is 9.53 Å². The average Bonchev–Trinajstić information content (AvgIpc) is 3.00. The van der Waals surface area contributed by atoms with Crippen molar-refractivity contribution in [1.29, 1.82) is 0 Å². The Morgan fingerprint density at radius 2 is 2.42 bits per heavy atom. The minimum atomic E-state index is 0.0921. The lowest BCUT2D eigenvalue weighted by molar-refractivity contribution is -0.135. The van der Waals surface area contributed by atoms with E-state index < -0.39 is 0 Å². The first-order chi connectivity index (χ1) is 9.29. The number of ether oxygens (including phenoxy) is 1. The van der Waals surface area contributed by atoms with E-state index in [4.69, 9.17) is 4.74 Å². The van der Waals surface area contributed by atoms with Gasteiger partial charge in [-0.1, -0.05) is 0 Å². The fraction of sp³-hybridized carbons (Fsp3) is 0.769. The van der Waals surface area contributed by atoms with Crippen molar-refractivity contribution in [3.8, 4) is 0 Å². The van der Waals surface area contributed by atoms with Crippen molar-refractivity contribution in [1.82, 2.24) is 19.7 Å². The highest BCUT2D eigenvalue weighted by Gasteiger charge is 2.46. The second-order valence-corrected chi connectivity index (χ2v) is 5.29. The summed E-state index contributed by atoms with van der Waals surface area (Å²) in [5.74, 6) is 0.345. The fourth-order valence-electron chi connectivity index (χ4n) is 2.84. The highest BCUT2D eigenvalue weighted by Crippen LogP contribution is 2.36. The third kappa shape index (κ3) is 2.63. The molecular weight excluding hydrogens is 244 g/mol. The molecule has 6 heteroatoms. The second-order valence-electron chi connectivity index (χ2n) is 5.29. The van der Waals surface area contributed by atoms with Gasteiger partial charge in [-0.05, 0) is 26.2 Å². The molecule has 1 aliphatic carbocycles. The highest BCUT2D eigenvalue weighted by atomic mass is 16.5. The van der Waals surface area contributed by atoms with E-state index in [1.165, 1.54) is 0 Å². The largest absolute Gasteiger partial charge is 0.378 e. The molecule has 0 spiro atoms. The smallest absolute Gasteiger partial charge is 0.228 e. The Balaban J connectivity index is 1.58. The third-order valence-electron chi connectivity index (χ3n) is 3.95. The molecule has 6 nitrogen and oxygen atoms in total. The molecule has 2 fully saturated rings. The number of likely N-dealkylation sites (tertiary alicyclic amines) is 1. The first-order valence-corrected chi connectivity index (χ1v) is 7.04. The van der Waals surface area contributed by atoms with Gasteiger partial charge in [-0.25, -0.2) is 9.67 Å². The van der Waals surface area contributed by atoms with E-state index in [2.05, 4.69) is 10.1 Å². The van der Waals surface area contributed by atoms with Crippen molar-refractivity contribution in [2.75, 3.05) is 19.7 Å². The topological polar surface area (TPSA) is 60.2 Å². The highest BCUT2D eigenvalue weighted by molar-refractivity contribution is 5.82. The monoisotopic (exact) mass is 264 g/mol. The number of hydrogen-bond donors (Lipinski definition) is 0. The molecule has 0 aromatic carbocycles. The zero-order valence-electron chi connectivity index (χ0n) is 11.2. The summed E-state index contributed by atoms with van der Waals surface area (Å²) in [5.41, 5.74) is 0. The summed E-state index contributed by atoms with van der Waals surface area (Å²) in [5, 5.41) is 4.18. The van der Waals surface area contributed by atoms with Gasteiger partial charge in [-0.2, -0.15) is 5.10 Å². The molecule has 1 saturated heterocycles. The van der Waals surface area contributed by atoms with Gasteiger partial charge in [0.2, 0.25) is 5.91 Å². The van der Waals surface area contributed by atoms with E-state index in [0.29, 0.717) is 6.61 Å². The van der Waals surface area contributed by atoms with Gasteiger partial charge in [-0.15, -0.1) is 0 Å². The number of hydrogen-bond acceptors (Lipinski definition) is 4. The number of aromatic nitrogens is 3. The number of nitrogens with zero attached hydrogens (tertiary/aromatic N) is 4. The van der Waals surface area contributed by atoms with Crippen LogP contribution in [0.3, 0.4) is 0 Å². The van der Waals surface area contributed by atoms with Crippen LogP contribution in [0.1, 0.15) is 32.2 Å². The molecule has 1 aromatic heterocycles. The summed E-state index contributed by atoms with van der Waals surface area (Å²) in [6.45, 7) is 4.27. The number of carbonyl (C=O) groups excluding carboxylic acids is 1. The van der Waals surface area contributed by atoms with Crippen LogP contribution >= 0.6 is 0 Å². The number of amides is 1. The average molecular weight is 264 g/mol. The molecule has 1 amide bonds. The molecule has 104 valence electrons. The summed E-state index contributed by atoms with van der Waals surface area (Å²) in [6, 6.07) is 0.268. The summed E-state index contributed by atoms with van der Waals surface area (Å²) in [4.78, 5) is 18.3. The number of piperidine rings is 1. The first-order valence-electron chi connectivity index (χ1n) is 7.04. The van der Waals surface area contributed by atoms with Gasteiger partial charge in [-0.3, -0.25) is 4.79 Å². The zero-order valence-corrected chi connectivity index (χ0v) is 11.2. The number of carbonyl (C=O) groups is 1. The summed E-state index contributed by atoms with van der Waals surface area (Å²) >= 11 is 0. The molecular formula is C13H20N4O2. The maximum absolute atomic E-state index is 12.4. The van der Waals surface area contributed by atoms with E-state index in [-0.39, 0.29) is 24.0 Å². The minimum absolute atomic E-state index is 0.0921. The molecule has 2 aliphatic rings. The Bertz CT molecular complexity index is 434. The second kappa shape index (κ2) is 5.28. The van der Waals surface area contributed by atoms with Gasteiger partial charge in [0.15, 0.2) is 0 Å². The van der Waals surface area contributed by atoms with Crippen molar-refractivity contribution in [3.05, 3.63) is 12.7 Å². The lowest BCUT2D eigenvalue weighted by Crippen LogP contribution is -2.42. The summed E-state index contributed by atoms with van der Waals surface area (Å²) in [6.07, 6.45) is 6.42. The Morgan fingerprint density at radius 3 is 3.16 bits per heavy atom. The Hall–Kier alpha value is -1.43. The Labute approximate surface area is 112 Å². The van der Waals surface area contributed by atoms with Gasteiger partial charge in [0, 0.05) is 19.7 Å². The summed E-state index contributed by atoms with van der Waals surface area (Å²) < 4.78 is 7.37. The molecule has 1 aliphatic heterocycles. The minimum Gasteiger partial charge on any atom is -0.378 e. The number of rotatable bonds is 4. The van der Waals surface area contributed by atoms with E-state index >= 15 is 0 Å². The normalized spacial score (nSPS) is 30.4. The molecule has 19 heavy (non-hydrogen) atoms. The molecule has 0 bridgehead atoms. The molecule has 1 aromatic rings. The third-order valence-corrected chi connectivity index (χ3v) is 3.95. The molecule has 0 radical (unpaired) electrons. The predicted octanol–water partition coefficient (Wildman–Crippen LogP) is 0.867. The van der Waals surface area contributed by atoms with E-state index in [9.17, 15) is 4.79 Å². The summed E-state index contributed by atoms with van der Waals surface area (Å²) in [7, 11) is 0. The van der Waals surface area contributed by atoms with Crippen molar-refractivity contribution >= 4 is 5.91 Å². The maximum atomic E-state index is 12.4. The van der Waals surface area contributed by atoms with Crippen LogP contribution in [0.2, 0.25) is 0 Å². The van der Waals surface area contributed by atoms with Gasteiger partial charge in [0.05, 0.1) is 18.1 Å². The Morgan fingerprint density at radius 1 is 1.53 bits per heavy atom. The van der Waals surface area contributed by atoms with Gasteiger partial charge < -0.3 is 9.64 Å². The van der Waals surface area contributed by atoms with Crippen molar-refractivity contribution in [3.63, 3.8) is 0 Å². The van der Waals surface area contributed by atoms with Crippen LogP contribution in [0.5, 0.6) is 0 Å². The van der Waals surface area contributed by atoms with Gasteiger partial charge in [0.25, 0.3) is 0 Å². The standard InChI is InChI=1S/C13H20N4O2/c1-2-19-12-6-11(12)13(18)16-5-3-4-10(7-16)17-9-14-8-15-17/h8-12H,2-7H2,1H3/t10-,11+,12+/m0/s1. The predicted molar refractivity (Wildman–Crippen MR) is 68.4 cm³/mol. The van der Waals surface area contributed by atoms with E-state index in [0.717, 1.165) is 32.4 Å². The molecule has 3 atom stereocenters. The van der Waals surface area contributed by atoms with Crippen LogP contribution in [-0.4, -0.2) is 51.4 Å². The van der Waals surface area contributed by atoms with Crippen LogP contribution in [0.25, 0.3) is 0 Å². The van der Waals surface area contributed by atoms with E-state index in [1.54, 1.807) is 12.7 Å². The molecule has 0 N–H and O–H groups in total.